The topological polar surface area (TPSA) is 18.5 Å². The van der Waals surface area contributed by atoms with Crippen molar-refractivity contribution >= 4 is 0 Å². The van der Waals surface area contributed by atoms with Gasteiger partial charge in [-0.2, -0.15) is 0 Å². The van der Waals surface area contributed by atoms with Crippen LogP contribution >= 0.6 is 0 Å². The fraction of sp³-hybridized carbons (Fsp3) is 1.00. The third-order valence-electron chi connectivity index (χ3n) is 4.63. The first-order valence-corrected chi connectivity index (χ1v) is 8.99. The summed E-state index contributed by atoms with van der Waals surface area (Å²) in [5.41, 5.74) is 0.288. The van der Waals surface area contributed by atoms with Crippen molar-refractivity contribution in [2.75, 3.05) is 45.8 Å². The monoisotopic (exact) mass is 297 g/mol. The second-order valence-corrected chi connectivity index (χ2v) is 8.19. The molecular formula is C18H39N3. The van der Waals surface area contributed by atoms with Crippen LogP contribution < -0.4 is 5.32 Å². The van der Waals surface area contributed by atoms with Gasteiger partial charge in [-0.25, -0.2) is 0 Å². The van der Waals surface area contributed by atoms with Gasteiger partial charge in [-0.3, -0.25) is 4.90 Å². The Balaban J connectivity index is 2.54. The van der Waals surface area contributed by atoms with Gasteiger partial charge in [-0.05, 0) is 51.6 Å². The third kappa shape index (κ3) is 7.62. The van der Waals surface area contributed by atoms with Crippen LogP contribution in [0.4, 0.5) is 0 Å². The molecule has 0 saturated carbocycles. The van der Waals surface area contributed by atoms with Gasteiger partial charge in [-0.1, -0.05) is 27.7 Å². The van der Waals surface area contributed by atoms with E-state index in [1.807, 2.05) is 0 Å². The molecule has 1 saturated heterocycles. The fourth-order valence-corrected chi connectivity index (χ4v) is 3.07. The molecule has 1 heterocycles. The average molecular weight is 298 g/mol. The van der Waals surface area contributed by atoms with Gasteiger partial charge in [0.2, 0.25) is 0 Å². The molecule has 1 rings (SSSR count). The largest absolute Gasteiger partial charge is 0.314 e. The summed E-state index contributed by atoms with van der Waals surface area (Å²) in [6, 6.07) is 0. The molecule has 0 amide bonds. The summed E-state index contributed by atoms with van der Waals surface area (Å²) in [6.07, 6.45) is 2.63. The standard InChI is InChI=1S/C18H39N3/c1-16(2)7-11-20(12-8-17(3)4)15-18(5,6)21-13-9-19-10-14-21/h16-17,19H,7-15H2,1-6H3. The van der Waals surface area contributed by atoms with Gasteiger partial charge in [-0.15, -0.1) is 0 Å². The lowest BCUT2D eigenvalue weighted by Crippen LogP contribution is -2.57. The van der Waals surface area contributed by atoms with Gasteiger partial charge >= 0.3 is 0 Å². The molecule has 0 aromatic heterocycles. The fourth-order valence-electron chi connectivity index (χ4n) is 3.07. The SMILES string of the molecule is CC(C)CCN(CCC(C)C)CC(C)(C)N1CCNCC1. The lowest BCUT2D eigenvalue weighted by Gasteiger charge is -2.44. The van der Waals surface area contributed by atoms with Crippen LogP contribution in [0.3, 0.4) is 0 Å². The van der Waals surface area contributed by atoms with Crippen molar-refractivity contribution in [3.8, 4) is 0 Å². The maximum absolute atomic E-state index is 3.47. The van der Waals surface area contributed by atoms with Crippen molar-refractivity contribution in [3.63, 3.8) is 0 Å². The Hall–Kier alpha value is -0.120. The van der Waals surface area contributed by atoms with E-state index in [-0.39, 0.29) is 5.54 Å². The summed E-state index contributed by atoms with van der Waals surface area (Å²) in [6.45, 7) is 22.6. The average Bonchev–Trinajstić information content (AvgIpc) is 2.42. The van der Waals surface area contributed by atoms with Crippen molar-refractivity contribution in [1.29, 1.82) is 0 Å². The molecule has 1 aliphatic heterocycles. The highest BCUT2D eigenvalue weighted by atomic mass is 15.3. The molecule has 1 N–H and O–H groups in total. The molecule has 1 fully saturated rings. The Morgan fingerprint density at radius 1 is 0.952 bits per heavy atom. The minimum Gasteiger partial charge on any atom is -0.314 e. The van der Waals surface area contributed by atoms with E-state index in [4.69, 9.17) is 0 Å². The first kappa shape index (κ1) is 18.9. The summed E-state index contributed by atoms with van der Waals surface area (Å²) in [5, 5.41) is 3.47. The second-order valence-electron chi connectivity index (χ2n) is 8.19. The normalized spacial score (nSPS) is 18.1. The van der Waals surface area contributed by atoms with Crippen molar-refractivity contribution in [1.82, 2.24) is 15.1 Å². The van der Waals surface area contributed by atoms with E-state index in [9.17, 15) is 0 Å². The van der Waals surface area contributed by atoms with Crippen molar-refractivity contribution in [2.45, 2.75) is 59.9 Å². The number of hydrogen-bond acceptors (Lipinski definition) is 3. The van der Waals surface area contributed by atoms with Gasteiger partial charge in [0.1, 0.15) is 0 Å². The minimum absolute atomic E-state index is 0.288. The quantitative estimate of drug-likeness (QED) is 0.705. The molecule has 0 atom stereocenters. The van der Waals surface area contributed by atoms with Crippen molar-refractivity contribution in [3.05, 3.63) is 0 Å². The molecule has 0 unspecified atom stereocenters. The molecule has 0 bridgehead atoms. The lowest BCUT2D eigenvalue weighted by molar-refractivity contribution is 0.0599. The van der Waals surface area contributed by atoms with Crippen LogP contribution in [0, 0.1) is 11.8 Å². The van der Waals surface area contributed by atoms with Crippen LogP contribution in [0.1, 0.15) is 54.4 Å². The summed E-state index contributed by atoms with van der Waals surface area (Å²) >= 11 is 0. The van der Waals surface area contributed by atoms with Crippen LogP contribution in [0.25, 0.3) is 0 Å². The molecule has 0 radical (unpaired) electrons. The van der Waals surface area contributed by atoms with Crippen molar-refractivity contribution in [2.24, 2.45) is 11.8 Å². The van der Waals surface area contributed by atoms with E-state index in [0.717, 1.165) is 24.9 Å². The van der Waals surface area contributed by atoms with Gasteiger partial charge in [0.15, 0.2) is 0 Å². The minimum atomic E-state index is 0.288. The third-order valence-corrected chi connectivity index (χ3v) is 4.63. The predicted molar refractivity (Wildman–Crippen MR) is 93.9 cm³/mol. The number of piperazine rings is 1. The maximum atomic E-state index is 3.47. The van der Waals surface area contributed by atoms with Crippen LogP contribution in [0.2, 0.25) is 0 Å². The zero-order chi connectivity index (χ0) is 15.9. The predicted octanol–water partition coefficient (Wildman–Crippen LogP) is 3.06. The van der Waals surface area contributed by atoms with Crippen LogP contribution in [0.5, 0.6) is 0 Å². The van der Waals surface area contributed by atoms with E-state index in [1.54, 1.807) is 0 Å². The molecule has 1 aliphatic rings. The number of nitrogens with zero attached hydrogens (tertiary/aromatic N) is 2. The Bertz CT molecular complexity index is 256. The van der Waals surface area contributed by atoms with E-state index in [2.05, 4.69) is 56.7 Å². The van der Waals surface area contributed by atoms with E-state index in [0.29, 0.717) is 0 Å². The van der Waals surface area contributed by atoms with Crippen LogP contribution in [-0.4, -0.2) is 61.2 Å². The molecule has 126 valence electrons. The number of hydrogen-bond donors (Lipinski definition) is 1. The molecule has 0 aliphatic carbocycles. The highest BCUT2D eigenvalue weighted by molar-refractivity contribution is 4.87. The highest BCUT2D eigenvalue weighted by Crippen LogP contribution is 2.18. The summed E-state index contributed by atoms with van der Waals surface area (Å²) in [5.74, 6) is 1.60. The van der Waals surface area contributed by atoms with Crippen molar-refractivity contribution < 1.29 is 0 Å². The zero-order valence-electron chi connectivity index (χ0n) is 15.4. The Morgan fingerprint density at radius 3 is 1.86 bits per heavy atom. The lowest BCUT2D eigenvalue weighted by atomic mass is 9.99. The van der Waals surface area contributed by atoms with Gasteiger partial charge in [0, 0.05) is 38.3 Å². The second kappa shape index (κ2) is 9.12. The molecule has 0 aromatic rings. The number of nitrogens with one attached hydrogen (secondary N) is 1. The molecule has 3 heteroatoms. The summed E-state index contributed by atoms with van der Waals surface area (Å²) in [7, 11) is 0. The first-order chi connectivity index (χ1) is 9.81. The summed E-state index contributed by atoms with van der Waals surface area (Å²) < 4.78 is 0. The van der Waals surface area contributed by atoms with Crippen LogP contribution in [-0.2, 0) is 0 Å². The van der Waals surface area contributed by atoms with Crippen LogP contribution in [0.15, 0.2) is 0 Å². The first-order valence-electron chi connectivity index (χ1n) is 8.99. The smallest absolute Gasteiger partial charge is 0.0281 e. The molecule has 3 nitrogen and oxygen atoms in total. The molecular weight excluding hydrogens is 258 g/mol. The maximum Gasteiger partial charge on any atom is 0.0281 e. The molecule has 0 aromatic carbocycles. The number of rotatable bonds is 9. The Kier molecular flexibility index (Phi) is 8.22. The van der Waals surface area contributed by atoms with Gasteiger partial charge in [0.25, 0.3) is 0 Å². The van der Waals surface area contributed by atoms with E-state index >= 15 is 0 Å². The Labute approximate surface area is 133 Å². The van der Waals surface area contributed by atoms with Gasteiger partial charge < -0.3 is 10.2 Å². The molecule has 21 heavy (non-hydrogen) atoms. The molecule has 0 spiro atoms. The highest BCUT2D eigenvalue weighted by Gasteiger charge is 2.29. The Morgan fingerprint density at radius 2 is 1.43 bits per heavy atom. The van der Waals surface area contributed by atoms with E-state index < -0.39 is 0 Å². The zero-order valence-corrected chi connectivity index (χ0v) is 15.4. The summed E-state index contributed by atoms with van der Waals surface area (Å²) in [4.78, 5) is 5.38. The van der Waals surface area contributed by atoms with E-state index in [1.165, 1.54) is 45.6 Å². The van der Waals surface area contributed by atoms with Gasteiger partial charge in [0.05, 0.1) is 0 Å².